The number of fused-ring (bicyclic) bond motifs is 1. The summed E-state index contributed by atoms with van der Waals surface area (Å²) in [5.74, 6) is -0.212. The van der Waals surface area contributed by atoms with Gasteiger partial charge in [-0.25, -0.2) is 0 Å². The largest absolute Gasteiger partial charge is 0.503 e. The van der Waals surface area contributed by atoms with Crippen molar-refractivity contribution in [2.45, 2.75) is 13.0 Å². The number of furan rings is 2. The van der Waals surface area contributed by atoms with E-state index in [1.807, 2.05) is 0 Å². The molecular weight excluding hydrogens is 440 g/mol. The first-order chi connectivity index (χ1) is 16.5. The Morgan fingerprint density at radius 1 is 1.15 bits per heavy atom. The summed E-state index contributed by atoms with van der Waals surface area (Å²) in [5.41, 5.74) is 0.367. The van der Waals surface area contributed by atoms with Crippen LogP contribution in [-0.4, -0.2) is 73.1 Å². The second kappa shape index (κ2) is 9.00. The summed E-state index contributed by atoms with van der Waals surface area (Å²) in [7, 11) is 1.52. The number of benzene rings is 1. The second-order valence-electron chi connectivity index (χ2n) is 8.38. The third kappa shape index (κ3) is 3.86. The molecule has 34 heavy (non-hydrogen) atoms. The number of nitrogens with zero attached hydrogens (tertiary/aromatic N) is 2. The molecule has 3 aromatic rings. The highest BCUT2D eigenvalue weighted by atomic mass is 16.5. The van der Waals surface area contributed by atoms with Crippen molar-refractivity contribution in [3.63, 3.8) is 0 Å². The lowest BCUT2D eigenvalue weighted by Crippen LogP contribution is -2.43. The van der Waals surface area contributed by atoms with Gasteiger partial charge in [-0.05, 0) is 31.2 Å². The van der Waals surface area contributed by atoms with E-state index in [1.165, 1.54) is 12.0 Å². The number of hydrogen-bond donors (Lipinski definition) is 1. The van der Waals surface area contributed by atoms with Crippen molar-refractivity contribution in [1.29, 1.82) is 0 Å². The van der Waals surface area contributed by atoms with Crippen LogP contribution in [0.1, 0.15) is 28.1 Å². The first-order valence-electron chi connectivity index (χ1n) is 11.2. The van der Waals surface area contributed by atoms with Crippen molar-refractivity contribution in [2.24, 2.45) is 0 Å². The number of methoxy groups -OCH3 is 1. The zero-order valence-corrected chi connectivity index (χ0v) is 19.1. The van der Waals surface area contributed by atoms with Crippen LogP contribution in [-0.2, 0) is 9.53 Å². The minimum atomic E-state index is -0.857. The molecule has 1 aromatic carbocycles. The van der Waals surface area contributed by atoms with Gasteiger partial charge in [0.2, 0.25) is 5.78 Å². The van der Waals surface area contributed by atoms with E-state index in [-0.39, 0.29) is 11.3 Å². The molecule has 0 spiro atoms. The van der Waals surface area contributed by atoms with Crippen molar-refractivity contribution in [3.05, 3.63) is 65.0 Å². The van der Waals surface area contributed by atoms with E-state index in [0.717, 1.165) is 13.1 Å². The van der Waals surface area contributed by atoms with Gasteiger partial charge >= 0.3 is 0 Å². The van der Waals surface area contributed by atoms with E-state index in [4.69, 9.17) is 18.3 Å². The van der Waals surface area contributed by atoms with E-state index in [9.17, 15) is 14.7 Å². The van der Waals surface area contributed by atoms with Gasteiger partial charge in [-0.15, -0.1) is 0 Å². The molecule has 1 N–H and O–H groups in total. The summed E-state index contributed by atoms with van der Waals surface area (Å²) < 4.78 is 22.4. The van der Waals surface area contributed by atoms with Crippen LogP contribution in [0.4, 0.5) is 0 Å². The highest BCUT2D eigenvalue weighted by Crippen LogP contribution is 2.40. The second-order valence-corrected chi connectivity index (χ2v) is 8.38. The summed E-state index contributed by atoms with van der Waals surface area (Å²) in [4.78, 5) is 30.4. The zero-order chi connectivity index (χ0) is 23.8. The summed E-state index contributed by atoms with van der Waals surface area (Å²) in [6, 6.07) is 9.55. The lowest BCUT2D eigenvalue weighted by molar-refractivity contribution is -0.130. The monoisotopic (exact) mass is 466 g/mol. The molecule has 0 saturated carbocycles. The van der Waals surface area contributed by atoms with E-state index in [1.54, 1.807) is 43.3 Å². The number of aryl methyl sites for hydroxylation is 1. The van der Waals surface area contributed by atoms with Gasteiger partial charge < -0.3 is 28.3 Å². The Balaban J connectivity index is 1.50. The van der Waals surface area contributed by atoms with Crippen LogP contribution in [0.25, 0.3) is 11.0 Å². The van der Waals surface area contributed by atoms with Crippen LogP contribution >= 0.6 is 0 Å². The van der Waals surface area contributed by atoms with Gasteiger partial charge in [-0.1, -0.05) is 12.1 Å². The third-order valence-corrected chi connectivity index (χ3v) is 6.29. The molecule has 2 aromatic heterocycles. The van der Waals surface area contributed by atoms with E-state index in [0.29, 0.717) is 54.5 Å². The van der Waals surface area contributed by atoms with Gasteiger partial charge in [0.25, 0.3) is 5.91 Å². The third-order valence-electron chi connectivity index (χ3n) is 6.29. The van der Waals surface area contributed by atoms with Crippen LogP contribution in [0.5, 0.6) is 5.75 Å². The van der Waals surface area contributed by atoms with Crippen molar-refractivity contribution in [2.75, 3.05) is 46.5 Å². The summed E-state index contributed by atoms with van der Waals surface area (Å²) in [6.45, 7) is 5.49. The molecule has 1 saturated heterocycles. The normalized spacial score (nSPS) is 19.4. The maximum Gasteiger partial charge on any atom is 0.290 e. The molecule has 2 aliphatic heterocycles. The Bertz CT molecular complexity index is 1270. The van der Waals surface area contributed by atoms with Gasteiger partial charge in [0.05, 0.1) is 25.9 Å². The molecule has 178 valence electrons. The Labute approximate surface area is 196 Å². The number of morpholine rings is 1. The molecule has 9 nitrogen and oxygen atoms in total. The van der Waals surface area contributed by atoms with Crippen molar-refractivity contribution < 1.29 is 33.0 Å². The fourth-order valence-electron chi connectivity index (χ4n) is 4.53. The number of carbonyl (C=O) groups excluding carboxylic acids is 2. The summed E-state index contributed by atoms with van der Waals surface area (Å²) >= 11 is 0. The fourth-order valence-corrected chi connectivity index (χ4v) is 4.53. The zero-order valence-electron chi connectivity index (χ0n) is 19.1. The van der Waals surface area contributed by atoms with Crippen LogP contribution in [0.3, 0.4) is 0 Å². The molecule has 0 unspecified atom stereocenters. The highest BCUT2D eigenvalue weighted by molar-refractivity contribution is 6.16. The molecule has 0 radical (unpaired) electrons. The number of ether oxygens (including phenoxy) is 2. The topological polar surface area (TPSA) is 106 Å². The average molecular weight is 466 g/mol. The molecule has 1 atom stereocenters. The SMILES string of the molecule is COc1cccc2cc(C(=O)C3=C(O)C(=O)N(CCN4CCOCC4)[C@@H]3c3ccc(C)o3)oc12. The maximum absolute atomic E-state index is 13.6. The molecule has 5 rings (SSSR count). The predicted molar refractivity (Wildman–Crippen MR) is 122 cm³/mol. The maximum atomic E-state index is 13.6. The molecule has 9 heteroatoms. The molecule has 0 bridgehead atoms. The lowest BCUT2D eigenvalue weighted by atomic mass is 9.99. The number of aliphatic hydroxyl groups is 1. The Hall–Kier alpha value is -3.56. The number of Topliss-reactive ketones (excluding diaryl/α,β-unsaturated/α-hetero) is 1. The van der Waals surface area contributed by atoms with Gasteiger partial charge in [-0.2, -0.15) is 0 Å². The lowest BCUT2D eigenvalue weighted by Gasteiger charge is -2.30. The first kappa shape index (κ1) is 22.2. The van der Waals surface area contributed by atoms with Gasteiger partial charge in [-0.3, -0.25) is 14.5 Å². The minimum absolute atomic E-state index is 0.0113. The average Bonchev–Trinajstić information content (AvgIpc) is 3.54. The van der Waals surface area contributed by atoms with E-state index >= 15 is 0 Å². The Kier molecular flexibility index (Phi) is 5.89. The quantitative estimate of drug-likeness (QED) is 0.529. The van der Waals surface area contributed by atoms with Crippen LogP contribution in [0.15, 0.2) is 56.6 Å². The van der Waals surface area contributed by atoms with Gasteiger partial charge in [0, 0.05) is 31.6 Å². The van der Waals surface area contributed by atoms with Crippen LogP contribution in [0.2, 0.25) is 0 Å². The number of aliphatic hydroxyl groups excluding tert-OH is 1. The van der Waals surface area contributed by atoms with Crippen LogP contribution in [0, 0.1) is 6.92 Å². The van der Waals surface area contributed by atoms with Gasteiger partial charge in [0.15, 0.2) is 22.9 Å². The summed E-state index contributed by atoms with van der Waals surface area (Å²) in [6.07, 6.45) is 0. The number of para-hydroxylation sites is 1. The molecule has 1 fully saturated rings. The van der Waals surface area contributed by atoms with Crippen molar-refractivity contribution >= 4 is 22.7 Å². The molecule has 2 aliphatic rings. The first-order valence-corrected chi connectivity index (χ1v) is 11.2. The standard InChI is InChI=1S/C25H26N2O7/c1-15-6-7-17(33-15)21-20(22(28)19-14-16-4-3-5-18(31-2)24(16)34-19)23(29)25(30)27(21)9-8-26-10-12-32-13-11-26/h3-7,14,21,29H,8-13H2,1-2H3/t21-/m1/s1. The molecule has 4 heterocycles. The summed E-state index contributed by atoms with van der Waals surface area (Å²) in [5, 5.41) is 11.5. The minimum Gasteiger partial charge on any atom is -0.503 e. The van der Waals surface area contributed by atoms with Crippen molar-refractivity contribution in [1.82, 2.24) is 9.80 Å². The van der Waals surface area contributed by atoms with E-state index in [2.05, 4.69) is 4.90 Å². The predicted octanol–water partition coefficient (Wildman–Crippen LogP) is 3.25. The van der Waals surface area contributed by atoms with Crippen molar-refractivity contribution in [3.8, 4) is 5.75 Å². The van der Waals surface area contributed by atoms with E-state index < -0.39 is 23.5 Å². The highest BCUT2D eigenvalue weighted by Gasteiger charge is 2.46. The number of amides is 1. The number of rotatable bonds is 7. The number of ketones is 1. The van der Waals surface area contributed by atoms with Gasteiger partial charge in [0.1, 0.15) is 17.6 Å². The fraction of sp³-hybridized carbons (Fsp3) is 0.360. The molecular formula is C25H26N2O7. The van der Waals surface area contributed by atoms with Crippen LogP contribution < -0.4 is 4.74 Å². The Morgan fingerprint density at radius 3 is 2.65 bits per heavy atom. The Morgan fingerprint density at radius 2 is 1.94 bits per heavy atom. The smallest absolute Gasteiger partial charge is 0.290 e. The number of carbonyl (C=O) groups is 2. The number of hydrogen-bond acceptors (Lipinski definition) is 8. The molecule has 0 aliphatic carbocycles. The molecule has 1 amide bonds.